The normalized spacial score (nSPS) is 15.3. The fourth-order valence-electron chi connectivity index (χ4n) is 2.92. The van der Waals surface area contributed by atoms with Gasteiger partial charge in [-0.1, -0.05) is 31.0 Å². The summed E-state index contributed by atoms with van der Waals surface area (Å²) < 4.78 is 7.53. The maximum Gasteiger partial charge on any atom is 0.318 e. The number of rotatable bonds is 5. The molecule has 1 aliphatic carbocycles. The molecule has 0 radical (unpaired) electrons. The quantitative estimate of drug-likeness (QED) is 0.800. The number of thioether (sulfide) groups is 1. The summed E-state index contributed by atoms with van der Waals surface area (Å²) in [5.41, 5.74) is 4.95. The van der Waals surface area contributed by atoms with Crippen molar-refractivity contribution >= 4 is 23.7 Å². The Morgan fingerprint density at radius 2 is 2.12 bits per heavy atom. The van der Waals surface area contributed by atoms with Crippen LogP contribution < -0.4 is 11.1 Å². The first-order chi connectivity index (χ1) is 11.6. The smallest absolute Gasteiger partial charge is 0.318 e. The van der Waals surface area contributed by atoms with Crippen LogP contribution in [0.25, 0.3) is 11.6 Å². The number of urea groups is 1. The maximum absolute atomic E-state index is 11.6. The minimum atomic E-state index is -0.856. The third-order valence-electron chi connectivity index (χ3n) is 3.94. The highest BCUT2D eigenvalue weighted by atomic mass is 32.2. The van der Waals surface area contributed by atoms with Gasteiger partial charge < -0.3 is 10.2 Å². The molecule has 3 N–H and O–H groups in total. The van der Waals surface area contributed by atoms with E-state index in [9.17, 15) is 9.59 Å². The maximum atomic E-state index is 11.6. The topological polar surface area (TPSA) is 116 Å². The van der Waals surface area contributed by atoms with Crippen molar-refractivity contribution in [3.63, 3.8) is 0 Å². The van der Waals surface area contributed by atoms with Crippen molar-refractivity contribution in [3.05, 3.63) is 18.4 Å². The SMILES string of the molecule is NC(=O)NC(=O)CSc1nnc(-c2ccco2)n1C1CCCCC1. The van der Waals surface area contributed by atoms with E-state index in [0.717, 1.165) is 25.7 Å². The molecule has 0 saturated heterocycles. The van der Waals surface area contributed by atoms with Gasteiger partial charge >= 0.3 is 6.03 Å². The zero-order valence-corrected chi connectivity index (χ0v) is 13.9. The Labute approximate surface area is 143 Å². The zero-order valence-electron chi connectivity index (χ0n) is 13.1. The Bertz CT molecular complexity index is 707. The van der Waals surface area contributed by atoms with Crippen LogP contribution in [0.5, 0.6) is 0 Å². The lowest BCUT2D eigenvalue weighted by Crippen LogP contribution is -2.36. The first-order valence-electron chi connectivity index (χ1n) is 7.86. The van der Waals surface area contributed by atoms with E-state index in [-0.39, 0.29) is 11.8 Å². The summed E-state index contributed by atoms with van der Waals surface area (Å²) in [5.74, 6) is 0.919. The van der Waals surface area contributed by atoms with E-state index >= 15 is 0 Å². The van der Waals surface area contributed by atoms with Crippen molar-refractivity contribution in [1.82, 2.24) is 20.1 Å². The van der Waals surface area contributed by atoms with Crippen LogP contribution in [0.15, 0.2) is 28.0 Å². The first-order valence-corrected chi connectivity index (χ1v) is 8.84. The van der Waals surface area contributed by atoms with E-state index in [0.29, 0.717) is 16.7 Å². The lowest BCUT2D eigenvalue weighted by molar-refractivity contribution is -0.117. The molecule has 1 fully saturated rings. The minimum absolute atomic E-state index is 0.0476. The van der Waals surface area contributed by atoms with Gasteiger partial charge in [0.1, 0.15) is 0 Å². The number of hydrogen-bond acceptors (Lipinski definition) is 6. The van der Waals surface area contributed by atoms with Crippen LogP contribution >= 0.6 is 11.8 Å². The van der Waals surface area contributed by atoms with Gasteiger partial charge in [0.05, 0.1) is 12.0 Å². The molecule has 0 aromatic carbocycles. The molecule has 2 aromatic rings. The van der Waals surface area contributed by atoms with Crippen LogP contribution in [0.3, 0.4) is 0 Å². The molecule has 0 spiro atoms. The summed E-state index contributed by atoms with van der Waals surface area (Å²) in [6, 6.07) is 3.08. The Kier molecular flexibility index (Phi) is 5.19. The molecule has 8 nitrogen and oxygen atoms in total. The second-order valence-electron chi connectivity index (χ2n) is 5.65. The second kappa shape index (κ2) is 7.52. The predicted molar refractivity (Wildman–Crippen MR) is 88.3 cm³/mol. The van der Waals surface area contributed by atoms with Gasteiger partial charge in [0, 0.05) is 6.04 Å². The van der Waals surface area contributed by atoms with Crippen molar-refractivity contribution < 1.29 is 14.0 Å². The number of amides is 3. The number of nitrogens with zero attached hydrogens (tertiary/aromatic N) is 3. The Hall–Kier alpha value is -2.29. The summed E-state index contributed by atoms with van der Waals surface area (Å²) in [6.45, 7) is 0. The van der Waals surface area contributed by atoms with Crippen LogP contribution in [0.4, 0.5) is 4.79 Å². The van der Waals surface area contributed by atoms with Gasteiger partial charge in [-0.15, -0.1) is 10.2 Å². The molecule has 1 saturated carbocycles. The molecule has 3 rings (SSSR count). The number of hydrogen-bond donors (Lipinski definition) is 2. The van der Waals surface area contributed by atoms with Crippen LogP contribution in [-0.2, 0) is 4.79 Å². The lowest BCUT2D eigenvalue weighted by atomic mass is 9.95. The number of carbonyl (C=O) groups is 2. The van der Waals surface area contributed by atoms with Crippen molar-refractivity contribution in [1.29, 1.82) is 0 Å². The molecule has 0 atom stereocenters. The largest absolute Gasteiger partial charge is 0.461 e. The molecule has 0 unspecified atom stereocenters. The summed E-state index contributed by atoms with van der Waals surface area (Å²) in [4.78, 5) is 22.4. The molecule has 2 heterocycles. The van der Waals surface area contributed by atoms with Crippen LogP contribution in [0.2, 0.25) is 0 Å². The average Bonchev–Trinajstić information content (AvgIpc) is 3.22. The van der Waals surface area contributed by atoms with E-state index < -0.39 is 11.9 Å². The summed E-state index contributed by atoms with van der Waals surface area (Å²) >= 11 is 1.24. The van der Waals surface area contributed by atoms with Crippen LogP contribution in [-0.4, -0.2) is 32.5 Å². The number of furan rings is 1. The summed E-state index contributed by atoms with van der Waals surface area (Å²) in [5, 5.41) is 11.2. The minimum Gasteiger partial charge on any atom is -0.461 e. The Morgan fingerprint density at radius 3 is 2.79 bits per heavy atom. The molecular formula is C15H19N5O3S. The standard InChI is InChI=1S/C15H19N5O3S/c16-14(22)17-12(21)9-24-15-19-18-13(11-7-4-8-23-11)20(15)10-5-2-1-3-6-10/h4,7-8,10H,1-3,5-6,9H2,(H3,16,17,21,22). The van der Waals surface area contributed by atoms with E-state index in [1.54, 1.807) is 6.26 Å². The number of primary amides is 1. The number of nitrogens with one attached hydrogen (secondary N) is 1. The number of carbonyl (C=O) groups excluding carboxylic acids is 2. The molecule has 1 aliphatic rings. The van der Waals surface area contributed by atoms with Gasteiger partial charge in [0.2, 0.25) is 11.7 Å². The lowest BCUT2D eigenvalue weighted by Gasteiger charge is -2.25. The van der Waals surface area contributed by atoms with Gasteiger partial charge in [0.25, 0.3) is 0 Å². The Balaban J connectivity index is 1.83. The number of imide groups is 1. The molecule has 0 bridgehead atoms. The fourth-order valence-corrected chi connectivity index (χ4v) is 3.73. The number of nitrogens with two attached hydrogens (primary N) is 1. The average molecular weight is 349 g/mol. The van der Waals surface area contributed by atoms with Gasteiger partial charge in [-0.05, 0) is 25.0 Å². The molecule has 0 aliphatic heterocycles. The van der Waals surface area contributed by atoms with Crippen molar-refractivity contribution in [2.75, 3.05) is 5.75 Å². The van der Waals surface area contributed by atoms with E-state index in [1.807, 2.05) is 17.4 Å². The van der Waals surface area contributed by atoms with Gasteiger partial charge in [-0.3, -0.25) is 14.7 Å². The summed E-state index contributed by atoms with van der Waals surface area (Å²) in [6.07, 6.45) is 7.25. The predicted octanol–water partition coefficient (Wildman–Crippen LogP) is 2.33. The molecule has 3 amide bonds. The van der Waals surface area contributed by atoms with E-state index in [4.69, 9.17) is 10.2 Å². The highest BCUT2D eigenvalue weighted by molar-refractivity contribution is 7.99. The van der Waals surface area contributed by atoms with Gasteiger partial charge in [-0.2, -0.15) is 0 Å². The zero-order chi connectivity index (χ0) is 16.9. The van der Waals surface area contributed by atoms with Gasteiger partial charge in [0.15, 0.2) is 10.9 Å². The molecule has 2 aromatic heterocycles. The molecular weight excluding hydrogens is 330 g/mol. The molecule has 24 heavy (non-hydrogen) atoms. The first kappa shape index (κ1) is 16.6. The number of aromatic nitrogens is 3. The highest BCUT2D eigenvalue weighted by Crippen LogP contribution is 2.35. The summed E-state index contributed by atoms with van der Waals surface area (Å²) in [7, 11) is 0. The third-order valence-corrected chi connectivity index (χ3v) is 4.88. The highest BCUT2D eigenvalue weighted by Gasteiger charge is 2.25. The van der Waals surface area contributed by atoms with Crippen molar-refractivity contribution in [2.45, 2.75) is 43.3 Å². The third kappa shape index (κ3) is 3.78. The van der Waals surface area contributed by atoms with Crippen LogP contribution in [0.1, 0.15) is 38.1 Å². The Morgan fingerprint density at radius 1 is 1.33 bits per heavy atom. The molecule has 128 valence electrons. The monoisotopic (exact) mass is 349 g/mol. The van der Waals surface area contributed by atoms with Gasteiger partial charge in [-0.25, -0.2) is 4.79 Å². The molecule has 9 heteroatoms. The van der Waals surface area contributed by atoms with Crippen LogP contribution in [0, 0.1) is 0 Å². The van der Waals surface area contributed by atoms with E-state index in [2.05, 4.69) is 14.8 Å². The van der Waals surface area contributed by atoms with Crippen molar-refractivity contribution in [2.24, 2.45) is 5.73 Å². The van der Waals surface area contributed by atoms with E-state index in [1.165, 1.54) is 18.2 Å². The van der Waals surface area contributed by atoms with Crippen molar-refractivity contribution in [3.8, 4) is 11.6 Å². The second-order valence-corrected chi connectivity index (χ2v) is 6.59. The fraction of sp³-hybridized carbons (Fsp3) is 0.467.